The van der Waals surface area contributed by atoms with E-state index in [0.717, 1.165) is 0 Å². The molecule has 2 unspecified atom stereocenters. The molecule has 1 aromatic carbocycles. The molecule has 0 aromatic heterocycles. The second-order valence-electron chi connectivity index (χ2n) is 3.08. The van der Waals surface area contributed by atoms with Crippen LogP contribution in [0.5, 0.6) is 5.75 Å². The van der Waals surface area contributed by atoms with Crippen LogP contribution in [0.3, 0.4) is 0 Å². The summed E-state index contributed by atoms with van der Waals surface area (Å²) >= 11 is -2.23. The minimum Gasteiger partial charge on any atom is -0.771 e. The number of hydrogen-bond acceptors (Lipinski definition) is 5. The predicted molar refractivity (Wildman–Crippen MR) is 56.2 cm³/mol. The molecule has 0 bridgehead atoms. The van der Waals surface area contributed by atoms with Crippen LogP contribution in [-0.2, 0) is 11.1 Å². The van der Waals surface area contributed by atoms with Crippen LogP contribution >= 0.6 is 0 Å². The highest BCUT2D eigenvalue weighted by Crippen LogP contribution is 2.26. The average molecular weight is 230 g/mol. The Morgan fingerprint density at radius 2 is 2.27 bits per heavy atom. The Morgan fingerprint density at radius 1 is 1.60 bits per heavy atom. The molecule has 5 nitrogen and oxygen atoms in total. The molecule has 1 rings (SSSR count). The Kier molecular flexibility index (Phi) is 4.07. The molecule has 0 aliphatic heterocycles. The summed E-state index contributed by atoms with van der Waals surface area (Å²) in [5.74, 6) is -0.332. The van der Waals surface area contributed by atoms with Gasteiger partial charge in [0, 0.05) is 0 Å². The Morgan fingerprint density at radius 3 is 2.80 bits per heavy atom. The molecule has 0 saturated heterocycles. The summed E-state index contributed by atoms with van der Waals surface area (Å²) in [7, 11) is 0. The Bertz CT molecular complexity index is 367. The van der Waals surface area contributed by atoms with Crippen LogP contribution in [0.25, 0.3) is 0 Å². The summed E-state index contributed by atoms with van der Waals surface area (Å²) in [6.07, 6.45) is -0.663. The zero-order chi connectivity index (χ0) is 11.4. The first-order chi connectivity index (χ1) is 7.00. The van der Waals surface area contributed by atoms with E-state index >= 15 is 0 Å². The van der Waals surface area contributed by atoms with Crippen molar-refractivity contribution in [1.82, 2.24) is 0 Å². The third kappa shape index (κ3) is 3.50. The first-order valence-corrected chi connectivity index (χ1v) is 5.56. The number of nitrogens with one attached hydrogen (secondary N) is 1. The minimum absolute atomic E-state index is 0.0511. The summed E-state index contributed by atoms with van der Waals surface area (Å²) in [5.41, 5.74) is 0.893. The van der Waals surface area contributed by atoms with Gasteiger partial charge in [-0.3, -0.25) is 4.21 Å². The highest BCUT2D eigenvalue weighted by atomic mass is 32.2. The molecule has 0 radical (unpaired) electrons. The number of benzene rings is 1. The van der Waals surface area contributed by atoms with Crippen LogP contribution < -0.4 is 5.32 Å². The van der Waals surface area contributed by atoms with Crippen LogP contribution in [0.4, 0.5) is 5.69 Å². The van der Waals surface area contributed by atoms with Crippen LogP contribution in [0.15, 0.2) is 18.2 Å². The third-order valence-electron chi connectivity index (χ3n) is 1.88. The van der Waals surface area contributed by atoms with Gasteiger partial charge in [-0.1, -0.05) is 6.07 Å². The van der Waals surface area contributed by atoms with Crippen molar-refractivity contribution in [3.8, 4) is 5.75 Å². The number of phenolic OH excluding ortho intramolecular Hbond substituents is 1. The monoisotopic (exact) mass is 230 g/mol. The highest BCUT2D eigenvalue weighted by Gasteiger charge is 2.05. The van der Waals surface area contributed by atoms with Gasteiger partial charge in [-0.05, 0) is 35.7 Å². The van der Waals surface area contributed by atoms with Crippen molar-refractivity contribution >= 4 is 16.8 Å². The molecule has 0 spiro atoms. The number of hydrogen-bond donors (Lipinski definition) is 3. The van der Waals surface area contributed by atoms with Gasteiger partial charge in [0.1, 0.15) is 5.75 Å². The van der Waals surface area contributed by atoms with E-state index in [-0.39, 0.29) is 17.3 Å². The molecule has 3 N–H and O–H groups in total. The topological polar surface area (TPSA) is 92.6 Å². The van der Waals surface area contributed by atoms with E-state index in [0.29, 0.717) is 5.56 Å². The fraction of sp³-hybridized carbons (Fsp3) is 0.333. The molecule has 0 aliphatic carbocycles. The van der Waals surface area contributed by atoms with Gasteiger partial charge in [0.2, 0.25) is 0 Å². The third-order valence-corrected chi connectivity index (χ3v) is 2.26. The SMILES string of the molecule is CC(O)c1ccc(O)c(NCS(=O)[O-])c1. The van der Waals surface area contributed by atoms with Gasteiger partial charge >= 0.3 is 0 Å². The molecular weight excluding hydrogens is 218 g/mol. The fourth-order valence-electron chi connectivity index (χ4n) is 1.09. The fourth-order valence-corrected chi connectivity index (χ4v) is 1.37. The van der Waals surface area contributed by atoms with E-state index < -0.39 is 17.2 Å². The Labute approximate surface area is 90.0 Å². The lowest BCUT2D eigenvalue weighted by atomic mass is 10.1. The predicted octanol–water partition coefficient (Wildman–Crippen LogP) is 0.694. The molecule has 0 amide bonds. The molecule has 2 atom stereocenters. The Balaban J connectivity index is 2.85. The van der Waals surface area contributed by atoms with E-state index in [2.05, 4.69) is 5.32 Å². The normalized spacial score (nSPS) is 14.6. The molecular formula is C9H12NO4S-. The van der Waals surface area contributed by atoms with Crippen LogP contribution in [0.2, 0.25) is 0 Å². The highest BCUT2D eigenvalue weighted by molar-refractivity contribution is 7.79. The molecule has 84 valence electrons. The lowest BCUT2D eigenvalue weighted by Gasteiger charge is -2.12. The van der Waals surface area contributed by atoms with Crippen LogP contribution in [-0.4, -0.2) is 24.9 Å². The van der Waals surface area contributed by atoms with Crippen molar-refractivity contribution in [1.29, 1.82) is 0 Å². The lowest BCUT2D eigenvalue weighted by Crippen LogP contribution is -2.07. The molecule has 1 aromatic rings. The van der Waals surface area contributed by atoms with Crippen molar-refractivity contribution in [2.75, 3.05) is 11.2 Å². The van der Waals surface area contributed by atoms with Crippen molar-refractivity contribution < 1.29 is 19.0 Å². The second kappa shape index (κ2) is 5.11. The zero-order valence-electron chi connectivity index (χ0n) is 8.14. The first kappa shape index (κ1) is 12.0. The van der Waals surface area contributed by atoms with Crippen molar-refractivity contribution in [2.24, 2.45) is 0 Å². The molecule has 15 heavy (non-hydrogen) atoms. The van der Waals surface area contributed by atoms with Gasteiger partial charge < -0.3 is 20.1 Å². The number of anilines is 1. The molecule has 0 aliphatic rings. The van der Waals surface area contributed by atoms with E-state index in [4.69, 9.17) is 0 Å². The maximum absolute atomic E-state index is 10.3. The maximum atomic E-state index is 10.3. The zero-order valence-corrected chi connectivity index (χ0v) is 8.95. The van der Waals surface area contributed by atoms with E-state index in [1.54, 1.807) is 13.0 Å². The smallest absolute Gasteiger partial charge is 0.138 e. The average Bonchev–Trinajstić information content (AvgIpc) is 2.16. The Hall–Kier alpha value is -1.11. The van der Waals surface area contributed by atoms with Gasteiger partial charge in [-0.2, -0.15) is 0 Å². The van der Waals surface area contributed by atoms with Gasteiger partial charge in [0.25, 0.3) is 0 Å². The van der Waals surface area contributed by atoms with E-state index in [9.17, 15) is 19.0 Å². The van der Waals surface area contributed by atoms with Crippen LogP contribution in [0, 0.1) is 0 Å². The summed E-state index contributed by atoms with van der Waals surface area (Å²) < 4.78 is 20.6. The van der Waals surface area contributed by atoms with Crippen molar-refractivity contribution in [2.45, 2.75) is 13.0 Å². The van der Waals surface area contributed by atoms with E-state index in [1.165, 1.54) is 12.1 Å². The number of aliphatic hydroxyl groups excluding tert-OH is 1. The molecule has 6 heteroatoms. The lowest BCUT2D eigenvalue weighted by molar-refractivity contribution is 0.199. The summed E-state index contributed by atoms with van der Waals surface area (Å²) in [5, 5.41) is 21.2. The first-order valence-electron chi connectivity index (χ1n) is 4.31. The number of phenols is 1. The second-order valence-corrected chi connectivity index (χ2v) is 3.97. The van der Waals surface area contributed by atoms with Gasteiger partial charge in [-0.15, -0.1) is 0 Å². The number of aliphatic hydroxyl groups is 1. The standard InChI is InChI=1S/C9H13NO4S/c1-6(11)7-2-3-9(12)8(4-7)10-5-15(13)14/h2-4,6,10-12H,5H2,1H3,(H,13,14)/p-1. The summed E-state index contributed by atoms with van der Waals surface area (Å²) in [6, 6.07) is 4.48. The van der Waals surface area contributed by atoms with Crippen molar-refractivity contribution in [3.05, 3.63) is 23.8 Å². The number of rotatable bonds is 4. The number of aromatic hydroxyl groups is 1. The van der Waals surface area contributed by atoms with Gasteiger partial charge in [-0.25, -0.2) is 0 Å². The minimum atomic E-state index is -2.23. The van der Waals surface area contributed by atoms with Gasteiger partial charge in [0.15, 0.2) is 0 Å². The largest absolute Gasteiger partial charge is 0.771 e. The quantitative estimate of drug-likeness (QED) is 0.523. The van der Waals surface area contributed by atoms with Crippen LogP contribution in [0.1, 0.15) is 18.6 Å². The maximum Gasteiger partial charge on any atom is 0.138 e. The molecule has 0 heterocycles. The van der Waals surface area contributed by atoms with Gasteiger partial charge in [0.05, 0.1) is 17.7 Å². The van der Waals surface area contributed by atoms with E-state index in [1.807, 2.05) is 0 Å². The molecule has 0 saturated carbocycles. The summed E-state index contributed by atoms with van der Waals surface area (Å²) in [6.45, 7) is 1.59. The van der Waals surface area contributed by atoms with Crippen molar-refractivity contribution in [3.63, 3.8) is 0 Å². The molecule has 0 fully saturated rings. The summed E-state index contributed by atoms with van der Waals surface area (Å²) in [4.78, 5) is 0.